The van der Waals surface area contributed by atoms with E-state index in [0.29, 0.717) is 0 Å². The van der Waals surface area contributed by atoms with Crippen molar-refractivity contribution in [3.8, 4) is 5.75 Å². The normalized spacial score (nSPS) is 11.0. The molecule has 2 rings (SSSR count). The van der Waals surface area contributed by atoms with Gasteiger partial charge in [-0.15, -0.1) is 10.2 Å². The maximum atomic E-state index is 5.30. The first kappa shape index (κ1) is 12.3. The summed E-state index contributed by atoms with van der Waals surface area (Å²) >= 11 is 6.85. The predicted molar refractivity (Wildman–Crippen MR) is 71.4 cm³/mol. The van der Waals surface area contributed by atoms with Crippen molar-refractivity contribution < 1.29 is 4.74 Å². The Labute approximate surface area is 115 Å². The van der Waals surface area contributed by atoms with Gasteiger partial charge in [-0.3, -0.25) is 0 Å². The maximum absolute atomic E-state index is 5.30. The van der Waals surface area contributed by atoms with Gasteiger partial charge < -0.3 is 4.74 Å². The van der Waals surface area contributed by atoms with Gasteiger partial charge in [0.05, 0.1) is 17.8 Å². The van der Waals surface area contributed by atoms with Crippen LogP contribution >= 0.6 is 31.9 Å². The van der Waals surface area contributed by atoms with Gasteiger partial charge in [-0.1, -0.05) is 15.9 Å². The number of aromatic nitrogens is 3. The van der Waals surface area contributed by atoms with Crippen LogP contribution in [-0.4, -0.2) is 28.2 Å². The lowest BCUT2D eigenvalue weighted by Gasteiger charge is -2.07. The van der Waals surface area contributed by atoms with E-state index in [1.54, 1.807) is 13.3 Å². The number of nitrogens with zero attached hydrogens (tertiary/aromatic N) is 4. The largest absolute Gasteiger partial charge is 0.495 e. The van der Waals surface area contributed by atoms with Gasteiger partial charge >= 0.3 is 0 Å². The van der Waals surface area contributed by atoms with Gasteiger partial charge in [0, 0.05) is 10.0 Å². The Morgan fingerprint density at radius 1 is 1.29 bits per heavy atom. The predicted octanol–water partition coefficient (Wildman–Crippen LogP) is 2.69. The van der Waals surface area contributed by atoms with Crippen LogP contribution in [0.25, 0.3) is 0 Å². The third kappa shape index (κ3) is 2.92. The Morgan fingerprint density at radius 2 is 2.00 bits per heavy atom. The Balaban J connectivity index is 2.38. The number of rotatable bonds is 3. The summed E-state index contributed by atoms with van der Waals surface area (Å²) in [6.45, 7) is 0. The molecule has 5 nitrogen and oxygen atoms in total. The number of hydrogen-bond donors (Lipinski definition) is 0. The summed E-state index contributed by atoms with van der Waals surface area (Å²) in [5.74, 6) is 0.727. The van der Waals surface area contributed by atoms with Crippen LogP contribution in [0.1, 0.15) is 5.56 Å². The summed E-state index contributed by atoms with van der Waals surface area (Å²) in [5.41, 5.74) is 0.849. The fourth-order valence-corrected chi connectivity index (χ4v) is 2.70. The van der Waals surface area contributed by atoms with Crippen LogP contribution in [-0.2, 0) is 0 Å². The lowest BCUT2D eigenvalue weighted by Crippen LogP contribution is -1.94. The molecule has 0 unspecified atom stereocenters. The lowest BCUT2D eigenvalue weighted by molar-refractivity contribution is 0.411. The summed E-state index contributed by atoms with van der Waals surface area (Å²) < 4.78 is 8.61. The molecule has 1 aromatic heterocycles. The van der Waals surface area contributed by atoms with Crippen LogP contribution in [0, 0.1) is 0 Å². The Morgan fingerprint density at radius 3 is 2.65 bits per heavy atom. The average Bonchev–Trinajstić information content (AvgIpc) is 2.78. The zero-order valence-electron chi connectivity index (χ0n) is 8.84. The number of methoxy groups -OCH3 is 1. The fraction of sp³-hybridized carbons (Fsp3) is 0.100. The van der Waals surface area contributed by atoms with Crippen molar-refractivity contribution in [1.82, 2.24) is 14.9 Å². The molecule has 0 aliphatic carbocycles. The van der Waals surface area contributed by atoms with E-state index < -0.39 is 0 Å². The number of hydrogen-bond acceptors (Lipinski definition) is 4. The minimum absolute atomic E-state index is 0.727. The van der Waals surface area contributed by atoms with Crippen LogP contribution in [0.5, 0.6) is 5.75 Å². The maximum Gasteiger partial charge on any atom is 0.141 e. The van der Waals surface area contributed by atoms with Gasteiger partial charge in [0.2, 0.25) is 0 Å². The average molecular weight is 360 g/mol. The molecular formula is C10H8Br2N4O. The van der Waals surface area contributed by atoms with Crippen LogP contribution in [0.4, 0.5) is 0 Å². The number of ether oxygens (including phenoxy) is 1. The van der Waals surface area contributed by atoms with E-state index in [1.165, 1.54) is 17.3 Å². The third-order valence-electron chi connectivity index (χ3n) is 1.98. The Hall–Kier alpha value is -1.21. The molecule has 0 amide bonds. The van der Waals surface area contributed by atoms with E-state index in [1.807, 2.05) is 12.1 Å². The highest BCUT2D eigenvalue weighted by Gasteiger charge is 2.07. The molecule has 2 aromatic rings. The van der Waals surface area contributed by atoms with E-state index in [-0.39, 0.29) is 0 Å². The second-order valence-corrected chi connectivity index (χ2v) is 4.87. The first-order valence-electron chi connectivity index (χ1n) is 4.62. The highest BCUT2D eigenvalue weighted by Crippen LogP contribution is 2.31. The van der Waals surface area contributed by atoms with E-state index in [4.69, 9.17) is 4.74 Å². The molecule has 0 atom stereocenters. The second-order valence-electron chi connectivity index (χ2n) is 3.10. The molecule has 0 bridgehead atoms. The highest BCUT2D eigenvalue weighted by molar-refractivity contribution is 9.11. The van der Waals surface area contributed by atoms with Crippen molar-refractivity contribution in [2.45, 2.75) is 0 Å². The van der Waals surface area contributed by atoms with Crippen molar-refractivity contribution in [2.24, 2.45) is 5.10 Å². The van der Waals surface area contributed by atoms with Gasteiger partial charge in [0.25, 0.3) is 0 Å². The van der Waals surface area contributed by atoms with Gasteiger partial charge in [-0.25, -0.2) is 4.68 Å². The first-order valence-corrected chi connectivity index (χ1v) is 6.21. The second kappa shape index (κ2) is 5.42. The first-order chi connectivity index (χ1) is 8.20. The molecule has 17 heavy (non-hydrogen) atoms. The molecule has 0 saturated carbocycles. The van der Waals surface area contributed by atoms with Gasteiger partial charge in [0.1, 0.15) is 18.4 Å². The smallest absolute Gasteiger partial charge is 0.141 e. The molecule has 0 saturated heterocycles. The molecule has 0 fully saturated rings. The number of benzene rings is 1. The fourth-order valence-electron chi connectivity index (χ4n) is 1.28. The molecule has 1 aromatic carbocycles. The molecule has 0 radical (unpaired) electrons. The minimum Gasteiger partial charge on any atom is -0.495 e. The van der Waals surface area contributed by atoms with Crippen LogP contribution in [0.2, 0.25) is 0 Å². The van der Waals surface area contributed by atoms with Gasteiger partial charge in [0.15, 0.2) is 0 Å². The summed E-state index contributed by atoms with van der Waals surface area (Å²) in [5, 5.41) is 11.5. The summed E-state index contributed by atoms with van der Waals surface area (Å²) in [6, 6.07) is 3.83. The van der Waals surface area contributed by atoms with Gasteiger partial charge in [-0.2, -0.15) is 5.10 Å². The topological polar surface area (TPSA) is 52.3 Å². The quantitative estimate of drug-likeness (QED) is 0.791. The third-order valence-corrected chi connectivity index (χ3v) is 3.02. The monoisotopic (exact) mass is 358 g/mol. The van der Waals surface area contributed by atoms with Crippen molar-refractivity contribution in [2.75, 3.05) is 7.11 Å². The molecule has 0 aliphatic rings. The SMILES string of the molecule is COc1c(Br)cc(Br)cc1/C=N/n1cnnc1. The molecule has 0 N–H and O–H groups in total. The van der Waals surface area contributed by atoms with Crippen molar-refractivity contribution in [1.29, 1.82) is 0 Å². The summed E-state index contributed by atoms with van der Waals surface area (Å²) in [6.07, 6.45) is 4.70. The highest BCUT2D eigenvalue weighted by atomic mass is 79.9. The Bertz CT molecular complexity index is 539. The molecule has 7 heteroatoms. The van der Waals surface area contributed by atoms with Crippen LogP contribution in [0.15, 0.2) is 38.8 Å². The zero-order valence-corrected chi connectivity index (χ0v) is 12.0. The Kier molecular flexibility index (Phi) is 3.90. The van der Waals surface area contributed by atoms with Crippen LogP contribution < -0.4 is 4.74 Å². The zero-order chi connectivity index (χ0) is 12.3. The van der Waals surface area contributed by atoms with Crippen LogP contribution in [0.3, 0.4) is 0 Å². The van der Waals surface area contributed by atoms with Crippen molar-refractivity contribution in [3.05, 3.63) is 39.3 Å². The molecule has 0 spiro atoms. The number of halogens is 2. The molecule has 0 aliphatic heterocycles. The van der Waals surface area contributed by atoms with E-state index >= 15 is 0 Å². The van der Waals surface area contributed by atoms with Crippen molar-refractivity contribution >= 4 is 38.1 Å². The standard InChI is InChI=1S/C10H8Br2N4O/c1-17-10-7(2-8(11)3-9(10)12)4-15-16-5-13-14-6-16/h2-6H,1H3/b15-4+. The lowest BCUT2D eigenvalue weighted by atomic mass is 10.2. The molecule has 1 heterocycles. The molecule has 88 valence electrons. The van der Waals surface area contributed by atoms with E-state index in [2.05, 4.69) is 47.2 Å². The van der Waals surface area contributed by atoms with Crippen molar-refractivity contribution in [3.63, 3.8) is 0 Å². The summed E-state index contributed by atoms with van der Waals surface area (Å²) in [4.78, 5) is 0. The van der Waals surface area contributed by atoms with E-state index in [0.717, 1.165) is 20.3 Å². The minimum atomic E-state index is 0.727. The van der Waals surface area contributed by atoms with Gasteiger partial charge in [-0.05, 0) is 28.1 Å². The van der Waals surface area contributed by atoms with E-state index in [9.17, 15) is 0 Å². The molecular weight excluding hydrogens is 352 g/mol. The summed E-state index contributed by atoms with van der Waals surface area (Å²) in [7, 11) is 1.62.